The zero-order chi connectivity index (χ0) is 29.0. The lowest BCUT2D eigenvalue weighted by molar-refractivity contribution is 0.592. The maximum atomic E-state index is 16.0. The van der Waals surface area contributed by atoms with Crippen molar-refractivity contribution in [1.82, 2.24) is 9.55 Å². The zero-order valence-corrected chi connectivity index (χ0v) is 24.7. The highest BCUT2D eigenvalue weighted by atomic mass is 31.2. The Morgan fingerprint density at radius 2 is 1.16 bits per heavy atom. The van der Waals surface area contributed by atoms with Crippen molar-refractivity contribution in [1.29, 1.82) is 0 Å². The third-order valence-electron chi connectivity index (χ3n) is 8.53. The normalized spacial score (nSPS) is 15.4. The highest BCUT2D eigenvalue weighted by molar-refractivity contribution is 7.86. The van der Waals surface area contributed by atoms with Crippen molar-refractivity contribution in [3.8, 4) is 39.1 Å². The van der Waals surface area contributed by atoms with Crippen molar-refractivity contribution in [3.63, 3.8) is 0 Å². The second-order valence-corrected chi connectivity index (χ2v) is 13.7. The smallest absolute Gasteiger partial charge is 0.175 e. The zero-order valence-electron chi connectivity index (χ0n) is 23.8. The molecule has 1 aliphatic heterocycles. The standard InChI is InChI=1S/C39H29N2OP/c1-2-37-40-34-23-22-33(31-25-29(27-14-6-3-7-15-27)24-30(26-31)28-16-8-4-9-17-28)39-38(34)41(37)35-20-12-13-21-36(35)43(39,42)32-18-10-5-11-19-32/h3-26H,2H2,1H3. The molecule has 206 valence electrons. The molecule has 0 saturated carbocycles. The molecule has 0 radical (unpaired) electrons. The summed E-state index contributed by atoms with van der Waals surface area (Å²) in [5.74, 6) is 0.975. The molecule has 4 heteroatoms. The minimum Gasteiger partial charge on any atom is -0.308 e. The van der Waals surface area contributed by atoms with Gasteiger partial charge in [0, 0.05) is 17.0 Å². The van der Waals surface area contributed by atoms with E-state index in [4.69, 9.17) is 4.98 Å². The van der Waals surface area contributed by atoms with Crippen molar-refractivity contribution >= 4 is 34.1 Å². The van der Waals surface area contributed by atoms with Crippen LogP contribution in [0, 0.1) is 0 Å². The first-order chi connectivity index (χ1) is 21.2. The Hall–Kier alpha value is -4.98. The third-order valence-corrected chi connectivity index (χ3v) is 11.7. The highest BCUT2D eigenvalue weighted by Gasteiger charge is 2.41. The van der Waals surface area contributed by atoms with Gasteiger partial charge in [-0.2, -0.15) is 0 Å². The highest BCUT2D eigenvalue weighted by Crippen LogP contribution is 2.52. The fraction of sp³-hybridized carbons (Fsp3) is 0.0513. The number of imidazole rings is 1. The van der Waals surface area contributed by atoms with E-state index in [1.165, 1.54) is 0 Å². The molecule has 8 rings (SSSR count). The van der Waals surface area contributed by atoms with E-state index in [2.05, 4.69) is 96.4 Å². The summed E-state index contributed by atoms with van der Waals surface area (Å²) in [6.07, 6.45) is 0.773. The van der Waals surface area contributed by atoms with Crippen molar-refractivity contribution < 1.29 is 4.57 Å². The average molecular weight is 573 g/mol. The molecule has 43 heavy (non-hydrogen) atoms. The van der Waals surface area contributed by atoms with E-state index in [9.17, 15) is 0 Å². The van der Waals surface area contributed by atoms with E-state index >= 15 is 4.57 Å². The number of benzene rings is 6. The topological polar surface area (TPSA) is 34.9 Å². The van der Waals surface area contributed by atoms with E-state index < -0.39 is 7.14 Å². The van der Waals surface area contributed by atoms with Gasteiger partial charge in [-0.25, -0.2) is 4.98 Å². The van der Waals surface area contributed by atoms with Crippen molar-refractivity contribution in [3.05, 3.63) is 151 Å². The average Bonchev–Trinajstić information content (AvgIpc) is 3.47. The first-order valence-electron chi connectivity index (χ1n) is 14.7. The Bertz CT molecular complexity index is 2130. The Kier molecular flexibility index (Phi) is 6.03. The summed E-state index contributed by atoms with van der Waals surface area (Å²) in [6.45, 7) is 2.13. The number of aromatic nitrogens is 2. The van der Waals surface area contributed by atoms with Gasteiger partial charge in [0.15, 0.2) is 7.14 Å². The third kappa shape index (κ3) is 3.96. The first kappa shape index (κ1) is 25.7. The Morgan fingerprint density at radius 1 is 0.605 bits per heavy atom. The largest absolute Gasteiger partial charge is 0.308 e. The van der Waals surface area contributed by atoms with E-state index in [0.717, 1.165) is 78.3 Å². The monoisotopic (exact) mass is 572 g/mol. The van der Waals surface area contributed by atoms with Crippen molar-refractivity contribution in [2.24, 2.45) is 0 Å². The van der Waals surface area contributed by atoms with Crippen LogP contribution in [-0.4, -0.2) is 9.55 Å². The SMILES string of the molecule is CCc1nc2ccc(-c3cc(-c4ccccc4)cc(-c4ccccc4)c3)c3c2n1-c1ccccc1P3(=O)c1ccccc1. The summed E-state index contributed by atoms with van der Waals surface area (Å²) >= 11 is 0. The maximum absolute atomic E-state index is 16.0. The summed E-state index contributed by atoms with van der Waals surface area (Å²) < 4.78 is 18.3. The maximum Gasteiger partial charge on any atom is 0.175 e. The Balaban J connectivity index is 1.51. The van der Waals surface area contributed by atoms with E-state index in [1.807, 2.05) is 60.7 Å². The van der Waals surface area contributed by atoms with Gasteiger partial charge in [-0.1, -0.05) is 116 Å². The van der Waals surface area contributed by atoms with E-state index in [-0.39, 0.29) is 0 Å². The lowest BCUT2D eigenvalue weighted by Gasteiger charge is -2.31. The van der Waals surface area contributed by atoms with E-state index in [1.54, 1.807) is 0 Å². The number of rotatable bonds is 5. The van der Waals surface area contributed by atoms with Crippen molar-refractivity contribution in [2.45, 2.75) is 13.3 Å². The van der Waals surface area contributed by atoms with Gasteiger partial charge < -0.3 is 4.57 Å². The van der Waals surface area contributed by atoms with Gasteiger partial charge in [-0.15, -0.1) is 0 Å². The van der Waals surface area contributed by atoms with Crippen LogP contribution in [0.25, 0.3) is 50.1 Å². The van der Waals surface area contributed by atoms with Crippen LogP contribution < -0.4 is 15.9 Å². The Morgan fingerprint density at radius 3 is 1.79 bits per heavy atom. The molecule has 1 aromatic heterocycles. The summed E-state index contributed by atoms with van der Waals surface area (Å²) in [5, 5.41) is 2.56. The fourth-order valence-corrected chi connectivity index (χ4v) is 9.79. The van der Waals surface area contributed by atoms with Gasteiger partial charge in [-0.3, -0.25) is 4.57 Å². The minimum atomic E-state index is -3.30. The molecule has 0 saturated heterocycles. The molecule has 0 bridgehead atoms. The number of nitrogens with zero attached hydrogens (tertiary/aromatic N) is 2. The summed E-state index contributed by atoms with van der Waals surface area (Å²) in [4.78, 5) is 5.07. The molecule has 0 fully saturated rings. The second kappa shape index (κ2) is 10.1. The van der Waals surface area contributed by atoms with Gasteiger partial charge in [0.2, 0.25) is 0 Å². The van der Waals surface area contributed by atoms with Gasteiger partial charge in [0.05, 0.1) is 22.0 Å². The van der Waals surface area contributed by atoms with Crippen LogP contribution in [0.5, 0.6) is 0 Å². The van der Waals surface area contributed by atoms with Crippen LogP contribution in [0.15, 0.2) is 146 Å². The van der Waals surface area contributed by atoms with E-state index in [0.29, 0.717) is 0 Å². The molecular weight excluding hydrogens is 543 g/mol. The van der Waals surface area contributed by atoms with Crippen LogP contribution in [-0.2, 0) is 11.0 Å². The summed E-state index contributed by atoms with van der Waals surface area (Å²) in [6, 6.07) is 50.1. The fourth-order valence-electron chi connectivity index (χ4n) is 6.57. The number of hydrogen-bond acceptors (Lipinski definition) is 2. The van der Waals surface area contributed by atoms with Crippen LogP contribution in [0.1, 0.15) is 12.7 Å². The summed E-state index contributed by atoms with van der Waals surface area (Å²) in [7, 11) is -3.30. The molecule has 6 aromatic carbocycles. The molecule has 2 heterocycles. The van der Waals surface area contributed by atoms with Gasteiger partial charge in [0.1, 0.15) is 5.82 Å². The number of fused-ring (bicyclic) bond motifs is 2. The molecule has 1 atom stereocenters. The second-order valence-electron chi connectivity index (χ2n) is 11.0. The molecular formula is C39H29N2OP. The van der Waals surface area contributed by atoms with Crippen molar-refractivity contribution in [2.75, 3.05) is 0 Å². The lowest BCUT2D eigenvalue weighted by Crippen LogP contribution is -2.34. The predicted octanol–water partition coefficient (Wildman–Crippen LogP) is 8.54. The van der Waals surface area contributed by atoms with Crippen LogP contribution in [0.3, 0.4) is 0 Å². The van der Waals surface area contributed by atoms with Crippen LogP contribution >= 0.6 is 7.14 Å². The molecule has 7 aromatic rings. The molecule has 0 aliphatic carbocycles. The Labute approximate surface area is 251 Å². The molecule has 0 spiro atoms. The minimum absolute atomic E-state index is 0.773. The molecule has 1 unspecified atom stereocenters. The van der Waals surface area contributed by atoms with Crippen LogP contribution in [0.2, 0.25) is 0 Å². The lowest BCUT2D eigenvalue weighted by atomic mass is 9.93. The molecule has 0 N–H and O–H groups in total. The molecule has 3 nitrogen and oxygen atoms in total. The van der Waals surface area contributed by atoms with Gasteiger partial charge >= 0.3 is 0 Å². The number of aryl methyl sites for hydroxylation is 1. The quantitative estimate of drug-likeness (QED) is 0.194. The van der Waals surface area contributed by atoms with Gasteiger partial charge in [-0.05, 0) is 69.8 Å². The van der Waals surface area contributed by atoms with Gasteiger partial charge in [0.25, 0.3) is 0 Å². The first-order valence-corrected chi connectivity index (χ1v) is 16.4. The summed E-state index contributed by atoms with van der Waals surface area (Å²) in [5.41, 5.74) is 9.34. The predicted molar refractivity (Wildman–Crippen MR) is 180 cm³/mol. The number of para-hydroxylation sites is 1. The molecule has 1 aliphatic rings. The van der Waals surface area contributed by atoms with Crippen LogP contribution in [0.4, 0.5) is 0 Å². The number of hydrogen-bond donors (Lipinski definition) is 0. The molecule has 0 amide bonds.